The van der Waals surface area contributed by atoms with E-state index in [9.17, 15) is 4.79 Å². The van der Waals surface area contributed by atoms with Gasteiger partial charge < -0.3 is 10.4 Å². The van der Waals surface area contributed by atoms with Crippen molar-refractivity contribution in [2.45, 2.75) is 20.3 Å². The number of nitrogens with zero attached hydrogens (tertiary/aromatic N) is 3. The molecule has 100 valence electrons. The zero-order valence-corrected chi connectivity index (χ0v) is 10.9. The summed E-state index contributed by atoms with van der Waals surface area (Å²) in [5, 5.41) is 20.3. The maximum Gasteiger partial charge on any atom is 0.360 e. The summed E-state index contributed by atoms with van der Waals surface area (Å²) >= 11 is 0. The van der Waals surface area contributed by atoms with E-state index in [1.165, 1.54) is 4.80 Å². The number of anilines is 1. The topological polar surface area (TPSA) is 80.0 Å². The Bertz CT molecular complexity index is 592. The lowest BCUT2D eigenvalue weighted by molar-refractivity contribution is 0.0691. The van der Waals surface area contributed by atoms with Crippen LogP contribution in [-0.2, 0) is 0 Å². The average Bonchev–Trinajstić information content (AvgIpc) is 2.80. The van der Waals surface area contributed by atoms with Crippen molar-refractivity contribution >= 4 is 11.8 Å². The van der Waals surface area contributed by atoms with Gasteiger partial charge in [-0.15, -0.1) is 15.0 Å². The number of hydrogen-bond acceptors (Lipinski definition) is 4. The number of aromatic carboxylic acids is 1. The van der Waals surface area contributed by atoms with Gasteiger partial charge >= 0.3 is 5.97 Å². The minimum atomic E-state index is -1.09. The van der Waals surface area contributed by atoms with Gasteiger partial charge in [0.05, 0.1) is 5.69 Å². The van der Waals surface area contributed by atoms with Crippen molar-refractivity contribution < 1.29 is 9.90 Å². The Kier molecular flexibility index (Phi) is 3.79. The fraction of sp³-hybridized carbons (Fsp3) is 0.308. The first kappa shape index (κ1) is 13.1. The van der Waals surface area contributed by atoms with Gasteiger partial charge in [-0.2, -0.15) is 0 Å². The van der Waals surface area contributed by atoms with Gasteiger partial charge in [0, 0.05) is 6.54 Å². The molecule has 2 aromatic rings. The lowest BCUT2D eigenvalue weighted by atomic mass is 10.2. The second-order valence-corrected chi connectivity index (χ2v) is 4.26. The van der Waals surface area contributed by atoms with Crippen LogP contribution in [0.1, 0.15) is 29.4 Å². The number of hydrogen-bond donors (Lipinski definition) is 2. The van der Waals surface area contributed by atoms with Crippen molar-refractivity contribution in [3.05, 3.63) is 35.5 Å². The summed E-state index contributed by atoms with van der Waals surface area (Å²) in [6.45, 7) is 4.62. The first-order valence-electron chi connectivity index (χ1n) is 6.13. The molecule has 0 spiro atoms. The molecule has 0 fully saturated rings. The van der Waals surface area contributed by atoms with Gasteiger partial charge in [-0.1, -0.05) is 19.1 Å². The van der Waals surface area contributed by atoms with Gasteiger partial charge in [-0.05, 0) is 31.0 Å². The maximum absolute atomic E-state index is 11.1. The van der Waals surface area contributed by atoms with E-state index in [0.717, 1.165) is 17.7 Å². The molecule has 0 atom stereocenters. The van der Waals surface area contributed by atoms with Crippen LogP contribution in [0.15, 0.2) is 24.3 Å². The van der Waals surface area contributed by atoms with Crippen LogP contribution in [0.5, 0.6) is 0 Å². The molecule has 1 heterocycles. The second kappa shape index (κ2) is 5.51. The van der Waals surface area contributed by atoms with Crippen molar-refractivity contribution in [3.8, 4) is 5.69 Å². The van der Waals surface area contributed by atoms with E-state index < -0.39 is 5.97 Å². The number of benzene rings is 1. The number of carbonyl (C=O) groups is 1. The van der Waals surface area contributed by atoms with Crippen molar-refractivity contribution in [2.24, 2.45) is 0 Å². The molecule has 1 aromatic carbocycles. The molecule has 6 nitrogen and oxygen atoms in total. The number of carboxylic acid groups (broad SMARTS) is 1. The highest BCUT2D eigenvalue weighted by Gasteiger charge is 2.18. The standard InChI is InChI=1S/C13H16N4O2/c1-3-7-14-12-11(13(18)19)15-17(16-12)10-6-4-5-9(2)8-10/h4-6,8H,3,7H2,1-2H3,(H,14,16)(H,18,19). The van der Waals surface area contributed by atoms with Crippen molar-refractivity contribution in [1.82, 2.24) is 15.0 Å². The lowest BCUT2D eigenvalue weighted by Crippen LogP contribution is -2.06. The molecule has 2 rings (SSSR count). The molecule has 0 saturated carbocycles. The predicted molar refractivity (Wildman–Crippen MR) is 71.8 cm³/mol. The van der Waals surface area contributed by atoms with Gasteiger partial charge in [0.25, 0.3) is 0 Å². The van der Waals surface area contributed by atoms with E-state index in [2.05, 4.69) is 15.5 Å². The average molecular weight is 260 g/mol. The van der Waals surface area contributed by atoms with Crippen LogP contribution in [0.25, 0.3) is 5.69 Å². The first-order valence-corrected chi connectivity index (χ1v) is 6.13. The molecule has 1 aromatic heterocycles. The molecule has 0 amide bonds. The van der Waals surface area contributed by atoms with E-state index in [4.69, 9.17) is 5.11 Å². The highest BCUT2D eigenvalue weighted by atomic mass is 16.4. The highest BCUT2D eigenvalue weighted by Crippen LogP contribution is 2.14. The number of rotatable bonds is 5. The van der Waals surface area contributed by atoms with Crippen LogP contribution in [0.4, 0.5) is 5.82 Å². The van der Waals surface area contributed by atoms with E-state index in [0.29, 0.717) is 12.4 Å². The summed E-state index contributed by atoms with van der Waals surface area (Å²) in [6.07, 6.45) is 0.885. The van der Waals surface area contributed by atoms with E-state index in [1.54, 1.807) is 0 Å². The van der Waals surface area contributed by atoms with Gasteiger partial charge in [-0.25, -0.2) is 4.79 Å². The molecule has 0 saturated heterocycles. The van der Waals surface area contributed by atoms with Crippen LogP contribution >= 0.6 is 0 Å². The molecule has 19 heavy (non-hydrogen) atoms. The largest absolute Gasteiger partial charge is 0.476 e. The third kappa shape index (κ3) is 2.90. The Hall–Kier alpha value is -2.37. The number of carboxylic acids is 1. The number of aryl methyl sites for hydroxylation is 1. The monoisotopic (exact) mass is 260 g/mol. The van der Waals surface area contributed by atoms with Gasteiger partial charge in [-0.3, -0.25) is 0 Å². The smallest absolute Gasteiger partial charge is 0.360 e. The summed E-state index contributed by atoms with van der Waals surface area (Å²) in [6, 6.07) is 7.58. The van der Waals surface area contributed by atoms with Crippen LogP contribution in [0, 0.1) is 6.92 Å². The van der Waals surface area contributed by atoms with Gasteiger partial charge in [0.1, 0.15) is 0 Å². The third-order valence-corrected chi connectivity index (χ3v) is 2.59. The Morgan fingerprint density at radius 1 is 1.42 bits per heavy atom. The summed E-state index contributed by atoms with van der Waals surface area (Å²) in [4.78, 5) is 12.5. The molecular formula is C13H16N4O2. The molecule has 0 radical (unpaired) electrons. The van der Waals surface area contributed by atoms with Gasteiger partial charge in [0.15, 0.2) is 5.82 Å². The van der Waals surface area contributed by atoms with Crippen molar-refractivity contribution in [1.29, 1.82) is 0 Å². The molecule has 6 heteroatoms. The Morgan fingerprint density at radius 2 is 2.21 bits per heavy atom. The van der Waals surface area contributed by atoms with E-state index in [1.807, 2.05) is 38.1 Å². The normalized spacial score (nSPS) is 10.4. The van der Waals surface area contributed by atoms with Crippen LogP contribution in [0.2, 0.25) is 0 Å². The van der Waals surface area contributed by atoms with Crippen molar-refractivity contribution in [2.75, 3.05) is 11.9 Å². The zero-order chi connectivity index (χ0) is 13.8. The molecule has 2 N–H and O–H groups in total. The zero-order valence-electron chi connectivity index (χ0n) is 10.9. The highest BCUT2D eigenvalue weighted by molar-refractivity contribution is 5.90. The minimum absolute atomic E-state index is 0.0602. The Balaban J connectivity index is 2.39. The summed E-state index contributed by atoms with van der Waals surface area (Å²) in [5.74, 6) is -0.784. The quantitative estimate of drug-likeness (QED) is 0.860. The Morgan fingerprint density at radius 3 is 2.84 bits per heavy atom. The molecular weight excluding hydrogens is 244 g/mol. The summed E-state index contributed by atoms with van der Waals surface area (Å²) < 4.78 is 0. The summed E-state index contributed by atoms with van der Waals surface area (Å²) in [7, 11) is 0. The van der Waals surface area contributed by atoms with Gasteiger partial charge in [0.2, 0.25) is 5.69 Å². The molecule has 0 bridgehead atoms. The Labute approximate surface area is 111 Å². The number of aromatic nitrogens is 3. The second-order valence-electron chi connectivity index (χ2n) is 4.26. The van der Waals surface area contributed by atoms with Crippen LogP contribution in [0.3, 0.4) is 0 Å². The first-order chi connectivity index (χ1) is 9.11. The van der Waals surface area contributed by atoms with E-state index in [-0.39, 0.29) is 5.69 Å². The molecule has 0 aliphatic heterocycles. The SMILES string of the molecule is CCCNc1nn(-c2cccc(C)c2)nc1C(=O)O. The third-order valence-electron chi connectivity index (χ3n) is 2.59. The van der Waals surface area contributed by atoms with Crippen LogP contribution < -0.4 is 5.32 Å². The van der Waals surface area contributed by atoms with Crippen molar-refractivity contribution in [3.63, 3.8) is 0 Å². The molecule has 0 aliphatic carbocycles. The molecule has 0 aliphatic rings. The fourth-order valence-electron chi connectivity index (χ4n) is 1.68. The lowest BCUT2D eigenvalue weighted by Gasteiger charge is -2.00. The molecule has 0 unspecified atom stereocenters. The van der Waals surface area contributed by atoms with E-state index >= 15 is 0 Å². The number of nitrogens with one attached hydrogen (secondary N) is 1. The predicted octanol–water partition coefficient (Wildman–Crippen LogP) is 2.10. The fourth-order valence-corrected chi connectivity index (χ4v) is 1.68. The minimum Gasteiger partial charge on any atom is -0.476 e. The summed E-state index contributed by atoms with van der Waals surface area (Å²) in [5.41, 5.74) is 1.75. The van der Waals surface area contributed by atoms with Crippen LogP contribution in [-0.4, -0.2) is 32.6 Å². The maximum atomic E-state index is 11.1.